The molecule has 1 heterocycles. The summed E-state index contributed by atoms with van der Waals surface area (Å²) in [7, 11) is -3.44. The first-order chi connectivity index (χ1) is 9.41. The second-order valence-corrected chi connectivity index (χ2v) is 7.09. The zero-order valence-corrected chi connectivity index (χ0v) is 13.6. The maximum atomic E-state index is 12.6. The smallest absolute Gasteiger partial charge is 0.243 e. The first-order valence-electron chi connectivity index (χ1n) is 7.11. The van der Waals surface area contributed by atoms with E-state index < -0.39 is 10.0 Å². The molecule has 1 N–H and O–H groups in total. The van der Waals surface area contributed by atoms with E-state index >= 15 is 0 Å². The minimum Gasteiger partial charge on any atom is -0.370 e. The van der Waals surface area contributed by atoms with Crippen LogP contribution in [0, 0.1) is 5.92 Å². The molecular weight excluding hydrogens is 274 g/mol. The molecule has 1 aromatic rings. The lowest BCUT2D eigenvalue weighted by Crippen LogP contribution is -2.34. The number of nitrogens with zero attached hydrogens (tertiary/aromatic N) is 2. The molecule has 20 heavy (non-hydrogen) atoms. The van der Waals surface area contributed by atoms with Crippen molar-refractivity contribution < 1.29 is 8.42 Å². The zero-order chi connectivity index (χ0) is 15.2. The van der Waals surface area contributed by atoms with Crippen molar-refractivity contribution in [2.45, 2.75) is 39.0 Å². The predicted molar refractivity (Wildman–Crippen MR) is 82.3 cm³/mol. The summed E-state index contributed by atoms with van der Waals surface area (Å²) in [4.78, 5) is 4.44. The topological polar surface area (TPSA) is 62.3 Å². The summed E-state index contributed by atoms with van der Waals surface area (Å²) < 4.78 is 26.7. The Morgan fingerprint density at radius 3 is 2.60 bits per heavy atom. The molecular formula is C14H25N3O2S. The van der Waals surface area contributed by atoms with Gasteiger partial charge in [-0.15, -0.1) is 0 Å². The summed E-state index contributed by atoms with van der Waals surface area (Å²) in [6.45, 7) is 9.71. The maximum absolute atomic E-state index is 12.6. The SMILES string of the molecule is CCCNc1cc(S(=O)(=O)N(CC)CC(C)C)ccn1. The molecule has 0 saturated carbocycles. The Balaban J connectivity index is 3.01. The minimum absolute atomic E-state index is 0.296. The highest BCUT2D eigenvalue weighted by Crippen LogP contribution is 2.19. The van der Waals surface area contributed by atoms with Crippen LogP contribution in [-0.4, -0.2) is 37.3 Å². The highest BCUT2D eigenvalue weighted by molar-refractivity contribution is 7.89. The van der Waals surface area contributed by atoms with E-state index in [1.165, 1.54) is 10.5 Å². The van der Waals surface area contributed by atoms with Crippen molar-refractivity contribution in [1.29, 1.82) is 0 Å². The monoisotopic (exact) mass is 299 g/mol. The lowest BCUT2D eigenvalue weighted by molar-refractivity contribution is 0.381. The molecule has 0 saturated heterocycles. The molecule has 0 amide bonds. The lowest BCUT2D eigenvalue weighted by atomic mass is 10.2. The molecule has 0 aliphatic rings. The zero-order valence-electron chi connectivity index (χ0n) is 12.8. The van der Waals surface area contributed by atoms with E-state index in [0.717, 1.165) is 13.0 Å². The Hall–Kier alpha value is -1.14. The standard InChI is InChI=1S/C14H25N3O2S/c1-5-8-15-14-10-13(7-9-16-14)20(18,19)17(6-2)11-12(3)4/h7,9-10,12H,5-6,8,11H2,1-4H3,(H,15,16). The average molecular weight is 299 g/mol. The van der Waals surface area contributed by atoms with Crippen LogP contribution in [0.1, 0.15) is 34.1 Å². The van der Waals surface area contributed by atoms with Crippen LogP contribution >= 0.6 is 0 Å². The minimum atomic E-state index is -3.44. The fourth-order valence-electron chi connectivity index (χ4n) is 1.87. The van der Waals surface area contributed by atoms with Gasteiger partial charge in [-0.05, 0) is 18.4 Å². The Bertz CT molecular complexity index is 515. The van der Waals surface area contributed by atoms with Gasteiger partial charge in [-0.2, -0.15) is 4.31 Å². The van der Waals surface area contributed by atoms with Crippen LogP contribution in [0.4, 0.5) is 5.82 Å². The molecule has 114 valence electrons. The van der Waals surface area contributed by atoms with Gasteiger partial charge in [0.05, 0.1) is 4.90 Å². The Morgan fingerprint density at radius 2 is 2.05 bits per heavy atom. The normalized spacial score (nSPS) is 12.1. The van der Waals surface area contributed by atoms with Gasteiger partial charge in [0, 0.05) is 31.9 Å². The van der Waals surface area contributed by atoms with Gasteiger partial charge in [0.1, 0.15) is 5.82 Å². The van der Waals surface area contributed by atoms with E-state index in [9.17, 15) is 8.42 Å². The number of hydrogen-bond acceptors (Lipinski definition) is 4. The summed E-state index contributed by atoms with van der Waals surface area (Å²) in [5.41, 5.74) is 0. The van der Waals surface area contributed by atoms with Crippen LogP contribution in [0.15, 0.2) is 23.2 Å². The molecule has 5 nitrogen and oxygen atoms in total. The van der Waals surface area contributed by atoms with E-state index in [2.05, 4.69) is 17.2 Å². The van der Waals surface area contributed by atoms with Crippen molar-refractivity contribution in [3.63, 3.8) is 0 Å². The van der Waals surface area contributed by atoms with Crippen LogP contribution < -0.4 is 5.32 Å². The van der Waals surface area contributed by atoms with Crippen LogP contribution in [0.3, 0.4) is 0 Å². The van der Waals surface area contributed by atoms with Crippen molar-refractivity contribution >= 4 is 15.8 Å². The van der Waals surface area contributed by atoms with E-state index in [4.69, 9.17) is 0 Å². The molecule has 0 atom stereocenters. The Kier molecular flexibility index (Phi) is 6.42. The van der Waals surface area contributed by atoms with Crippen molar-refractivity contribution in [3.05, 3.63) is 18.3 Å². The largest absolute Gasteiger partial charge is 0.370 e. The summed E-state index contributed by atoms with van der Waals surface area (Å²) in [5, 5.41) is 3.11. The molecule has 0 aromatic carbocycles. The third-order valence-electron chi connectivity index (χ3n) is 2.85. The van der Waals surface area contributed by atoms with Crippen molar-refractivity contribution in [1.82, 2.24) is 9.29 Å². The van der Waals surface area contributed by atoms with Gasteiger partial charge in [-0.1, -0.05) is 27.7 Å². The number of sulfonamides is 1. The van der Waals surface area contributed by atoms with E-state index in [0.29, 0.717) is 29.7 Å². The highest BCUT2D eigenvalue weighted by atomic mass is 32.2. The van der Waals surface area contributed by atoms with Gasteiger partial charge >= 0.3 is 0 Å². The summed E-state index contributed by atoms with van der Waals surface area (Å²) in [6.07, 6.45) is 2.50. The van der Waals surface area contributed by atoms with Crippen molar-refractivity contribution in [2.75, 3.05) is 25.0 Å². The predicted octanol–water partition coefficient (Wildman–Crippen LogP) is 2.57. The Labute approximate surface area is 122 Å². The van der Waals surface area contributed by atoms with Crippen LogP contribution in [0.25, 0.3) is 0 Å². The van der Waals surface area contributed by atoms with Crippen LogP contribution in [0.5, 0.6) is 0 Å². The molecule has 0 radical (unpaired) electrons. The summed E-state index contributed by atoms with van der Waals surface area (Å²) in [5.74, 6) is 0.901. The van der Waals surface area contributed by atoms with Crippen LogP contribution in [0.2, 0.25) is 0 Å². The molecule has 0 aliphatic carbocycles. The quantitative estimate of drug-likeness (QED) is 0.801. The number of nitrogens with one attached hydrogen (secondary N) is 1. The number of rotatable bonds is 8. The fraction of sp³-hybridized carbons (Fsp3) is 0.643. The van der Waals surface area contributed by atoms with Gasteiger partial charge in [0.25, 0.3) is 0 Å². The number of aromatic nitrogens is 1. The van der Waals surface area contributed by atoms with Crippen molar-refractivity contribution in [3.8, 4) is 0 Å². The van der Waals surface area contributed by atoms with Gasteiger partial charge < -0.3 is 5.32 Å². The van der Waals surface area contributed by atoms with Crippen LogP contribution in [-0.2, 0) is 10.0 Å². The third kappa shape index (κ3) is 4.45. The summed E-state index contributed by atoms with van der Waals surface area (Å²) >= 11 is 0. The molecule has 0 bridgehead atoms. The maximum Gasteiger partial charge on any atom is 0.243 e. The second kappa shape index (κ2) is 7.59. The van der Waals surface area contributed by atoms with E-state index in [1.807, 2.05) is 20.8 Å². The molecule has 1 rings (SSSR count). The first-order valence-corrected chi connectivity index (χ1v) is 8.55. The molecule has 6 heteroatoms. The number of pyridine rings is 1. The summed E-state index contributed by atoms with van der Waals surface area (Å²) in [6, 6.07) is 3.16. The van der Waals surface area contributed by atoms with Gasteiger partial charge in [0.15, 0.2) is 0 Å². The third-order valence-corrected chi connectivity index (χ3v) is 4.78. The van der Waals surface area contributed by atoms with Crippen molar-refractivity contribution in [2.24, 2.45) is 5.92 Å². The number of hydrogen-bond donors (Lipinski definition) is 1. The fourth-order valence-corrected chi connectivity index (χ4v) is 3.50. The lowest BCUT2D eigenvalue weighted by Gasteiger charge is -2.22. The first kappa shape index (κ1) is 16.9. The van der Waals surface area contributed by atoms with Gasteiger partial charge in [0.2, 0.25) is 10.0 Å². The molecule has 0 spiro atoms. The molecule has 0 unspecified atom stereocenters. The molecule has 0 fully saturated rings. The molecule has 0 aliphatic heterocycles. The average Bonchev–Trinajstić information content (AvgIpc) is 2.42. The molecule has 1 aromatic heterocycles. The van der Waals surface area contributed by atoms with Gasteiger partial charge in [-0.3, -0.25) is 0 Å². The van der Waals surface area contributed by atoms with Gasteiger partial charge in [-0.25, -0.2) is 13.4 Å². The number of anilines is 1. The highest BCUT2D eigenvalue weighted by Gasteiger charge is 2.24. The second-order valence-electron chi connectivity index (χ2n) is 5.15. The Morgan fingerprint density at radius 1 is 1.35 bits per heavy atom. The van der Waals surface area contributed by atoms with E-state index in [1.54, 1.807) is 12.1 Å². The van der Waals surface area contributed by atoms with E-state index in [-0.39, 0.29) is 0 Å².